The monoisotopic (exact) mass is 255 g/mol. The number of aliphatic hydroxyl groups is 1. The van der Waals surface area contributed by atoms with Crippen molar-refractivity contribution in [2.45, 2.75) is 45.7 Å². The SMILES string of the molecule is CCC(C)(CCO)NCc1cc(C(=O)O)c(C)o1. The van der Waals surface area contributed by atoms with Crippen LogP contribution in [-0.2, 0) is 6.54 Å². The molecule has 3 N–H and O–H groups in total. The lowest BCUT2D eigenvalue weighted by atomic mass is 9.95. The molecule has 1 heterocycles. The topological polar surface area (TPSA) is 82.7 Å². The molecule has 0 fully saturated rings. The van der Waals surface area contributed by atoms with Gasteiger partial charge >= 0.3 is 5.97 Å². The van der Waals surface area contributed by atoms with Gasteiger partial charge in [0.2, 0.25) is 0 Å². The van der Waals surface area contributed by atoms with E-state index in [1.807, 2.05) is 13.8 Å². The van der Waals surface area contributed by atoms with E-state index in [-0.39, 0.29) is 17.7 Å². The molecule has 1 rings (SSSR count). The van der Waals surface area contributed by atoms with Gasteiger partial charge in [0.25, 0.3) is 0 Å². The summed E-state index contributed by atoms with van der Waals surface area (Å²) < 4.78 is 5.39. The lowest BCUT2D eigenvalue weighted by Crippen LogP contribution is -2.41. The fourth-order valence-corrected chi connectivity index (χ4v) is 1.78. The summed E-state index contributed by atoms with van der Waals surface area (Å²) in [5, 5.41) is 21.2. The fraction of sp³-hybridized carbons (Fsp3) is 0.615. The molecule has 1 unspecified atom stereocenters. The zero-order chi connectivity index (χ0) is 13.8. The zero-order valence-electron chi connectivity index (χ0n) is 11.1. The summed E-state index contributed by atoms with van der Waals surface area (Å²) in [6.45, 7) is 6.28. The van der Waals surface area contributed by atoms with Gasteiger partial charge in [0.1, 0.15) is 17.1 Å². The number of hydrogen-bond donors (Lipinski definition) is 3. The summed E-state index contributed by atoms with van der Waals surface area (Å²) in [6, 6.07) is 1.54. The Hall–Kier alpha value is -1.33. The standard InChI is InChI=1S/C13H21NO4/c1-4-13(3,5-6-15)14-8-10-7-11(12(16)17)9(2)18-10/h7,14-15H,4-6,8H2,1-3H3,(H,16,17). The van der Waals surface area contributed by atoms with Crippen molar-refractivity contribution in [3.05, 3.63) is 23.2 Å². The molecular formula is C13H21NO4. The van der Waals surface area contributed by atoms with Crippen molar-refractivity contribution < 1.29 is 19.4 Å². The maximum Gasteiger partial charge on any atom is 0.339 e. The number of carboxylic acid groups (broad SMARTS) is 1. The molecule has 0 saturated heterocycles. The maximum atomic E-state index is 10.9. The average molecular weight is 255 g/mol. The molecule has 1 aromatic heterocycles. The second-order valence-corrected chi connectivity index (χ2v) is 4.73. The first-order chi connectivity index (χ1) is 8.41. The Morgan fingerprint density at radius 3 is 2.67 bits per heavy atom. The van der Waals surface area contributed by atoms with Gasteiger partial charge in [-0.25, -0.2) is 4.79 Å². The maximum absolute atomic E-state index is 10.9. The van der Waals surface area contributed by atoms with Crippen molar-refractivity contribution in [1.82, 2.24) is 5.32 Å². The first kappa shape index (κ1) is 14.7. The lowest BCUT2D eigenvalue weighted by molar-refractivity contribution is 0.0695. The number of carbonyl (C=O) groups is 1. The van der Waals surface area contributed by atoms with Gasteiger partial charge in [-0.05, 0) is 32.8 Å². The molecule has 0 amide bonds. The average Bonchev–Trinajstić information content (AvgIpc) is 2.69. The number of aliphatic hydroxyl groups excluding tert-OH is 1. The number of furan rings is 1. The van der Waals surface area contributed by atoms with E-state index < -0.39 is 5.97 Å². The van der Waals surface area contributed by atoms with Gasteiger partial charge in [-0.1, -0.05) is 6.92 Å². The molecule has 0 saturated carbocycles. The first-order valence-electron chi connectivity index (χ1n) is 6.10. The van der Waals surface area contributed by atoms with Crippen LogP contribution in [0, 0.1) is 6.92 Å². The van der Waals surface area contributed by atoms with Gasteiger partial charge in [0, 0.05) is 12.1 Å². The van der Waals surface area contributed by atoms with Gasteiger partial charge in [0.05, 0.1) is 6.54 Å². The second-order valence-electron chi connectivity index (χ2n) is 4.73. The minimum absolute atomic E-state index is 0.120. The molecule has 5 nitrogen and oxygen atoms in total. The molecule has 18 heavy (non-hydrogen) atoms. The molecule has 0 aliphatic heterocycles. The summed E-state index contributed by atoms with van der Waals surface area (Å²) in [7, 11) is 0. The van der Waals surface area contributed by atoms with Crippen LogP contribution in [0.4, 0.5) is 0 Å². The summed E-state index contributed by atoms with van der Waals surface area (Å²) in [5.74, 6) is 0.0401. The molecule has 0 spiro atoms. The molecule has 5 heteroatoms. The van der Waals surface area contributed by atoms with Crippen LogP contribution in [0.15, 0.2) is 10.5 Å². The quantitative estimate of drug-likeness (QED) is 0.693. The molecule has 0 bridgehead atoms. The van der Waals surface area contributed by atoms with Crippen LogP contribution in [0.2, 0.25) is 0 Å². The highest BCUT2D eigenvalue weighted by atomic mass is 16.4. The fourth-order valence-electron chi connectivity index (χ4n) is 1.78. The Bertz CT molecular complexity index is 413. The van der Waals surface area contributed by atoms with Crippen molar-refractivity contribution in [3.8, 4) is 0 Å². The number of hydrogen-bond acceptors (Lipinski definition) is 4. The van der Waals surface area contributed by atoms with Crippen LogP contribution in [0.3, 0.4) is 0 Å². The third kappa shape index (κ3) is 3.58. The van der Waals surface area contributed by atoms with Crippen molar-refractivity contribution in [2.24, 2.45) is 0 Å². The van der Waals surface area contributed by atoms with E-state index in [2.05, 4.69) is 5.32 Å². The highest BCUT2D eigenvalue weighted by molar-refractivity contribution is 5.88. The van der Waals surface area contributed by atoms with Gasteiger partial charge in [-0.3, -0.25) is 0 Å². The second kappa shape index (κ2) is 6.02. The van der Waals surface area contributed by atoms with Crippen molar-refractivity contribution in [2.75, 3.05) is 6.61 Å². The van der Waals surface area contributed by atoms with E-state index in [1.165, 1.54) is 0 Å². The minimum atomic E-state index is -0.976. The predicted octanol–water partition coefficient (Wildman–Crippen LogP) is 1.93. The normalized spacial score (nSPS) is 14.4. The van der Waals surface area contributed by atoms with Crippen molar-refractivity contribution >= 4 is 5.97 Å². The minimum Gasteiger partial charge on any atom is -0.478 e. The van der Waals surface area contributed by atoms with Crippen LogP contribution in [0.25, 0.3) is 0 Å². The Morgan fingerprint density at radius 2 is 2.22 bits per heavy atom. The number of aryl methyl sites for hydroxylation is 1. The number of carboxylic acids is 1. The summed E-state index contributed by atoms with van der Waals surface area (Å²) in [6.07, 6.45) is 1.52. The Morgan fingerprint density at radius 1 is 1.56 bits per heavy atom. The smallest absolute Gasteiger partial charge is 0.339 e. The molecule has 1 aromatic rings. The van der Waals surface area contributed by atoms with E-state index in [4.69, 9.17) is 14.6 Å². The largest absolute Gasteiger partial charge is 0.478 e. The Labute approximate surface area is 107 Å². The van der Waals surface area contributed by atoms with E-state index in [0.717, 1.165) is 6.42 Å². The zero-order valence-corrected chi connectivity index (χ0v) is 11.1. The van der Waals surface area contributed by atoms with Gasteiger partial charge in [-0.15, -0.1) is 0 Å². The van der Waals surface area contributed by atoms with E-state index in [0.29, 0.717) is 24.5 Å². The number of rotatable bonds is 7. The van der Waals surface area contributed by atoms with Crippen LogP contribution in [-0.4, -0.2) is 28.3 Å². The molecule has 102 valence electrons. The highest BCUT2D eigenvalue weighted by Crippen LogP contribution is 2.18. The summed E-state index contributed by atoms with van der Waals surface area (Å²) >= 11 is 0. The van der Waals surface area contributed by atoms with Crippen LogP contribution < -0.4 is 5.32 Å². The molecule has 0 aromatic carbocycles. The number of nitrogens with one attached hydrogen (secondary N) is 1. The predicted molar refractivity (Wildman–Crippen MR) is 67.6 cm³/mol. The summed E-state index contributed by atoms with van der Waals surface area (Å²) in [4.78, 5) is 10.9. The number of aromatic carboxylic acids is 1. The van der Waals surface area contributed by atoms with Crippen LogP contribution >= 0.6 is 0 Å². The van der Waals surface area contributed by atoms with Crippen LogP contribution in [0.5, 0.6) is 0 Å². The van der Waals surface area contributed by atoms with E-state index >= 15 is 0 Å². The first-order valence-corrected chi connectivity index (χ1v) is 6.10. The van der Waals surface area contributed by atoms with E-state index in [1.54, 1.807) is 13.0 Å². The van der Waals surface area contributed by atoms with Crippen molar-refractivity contribution in [1.29, 1.82) is 0 Å². The third-order valence-corrected chi connectivity index (χ3v) is 3.33. The molecular weight excluding hydrogens is 234 g/mol. The van der Waals surface area contributed by atoms with Gasteiger partial charge in [0.15, 0.2) is 0 Å². The Kier molecular flexibility index (Phi) is 4.93. The molecule has 0 aliphatic rings. The van der Waals surface area contributed by atoms with Crippen molar-refractivity contribution in [3.63, 3.8) is 0 Å². The molecule has 0 radical (unpaired) electrons. The third-order valence-electron chi connectivity index (χ3n) is 3.33. The summed E-state index contributed by atoms with van der Waals surface area (Å²) in [5.41, 5.74) is 0.0332. The van der Waals surface area contributed by atoms with Crippen LogP contribution in [0.1, 0.15) is 48.6 Å². The Balaban J connectivity index is 2.68. The van der Waals surface area contributed by atoms with E-state index in [9.17, 15) is 4.79 Å². The van der Waals surface area contributed by atoms with Gasteiger partial charge in [-0.2, -0.15) is 0 Å². The lowest BCUT2D eigenvalue weighted by Gasteiger charge is -2.28. The molecule has 1 atom stereocenters. The van der Waals surface area contributed by atoms with Gasteiger partial charge < -0.3 is 19.9 Å². The molecule has 0 aliphatic carbocycles. The highest BCUT2D eigenvalue weighted by Gasteiger charge is 2.21.